The van der Waals surface area contributed by atoms with Crippen molar-refractivity contribution in [1.29, 1.82) is 0 Å². The third-order valence-corrected chi connectivity index (χ3v) is 6.21. The van der Waals surface area contributed by atoms with Crippen LogP contribution >= 0.6 is 0 Å². The van der Waals surface area contributed by atoms with E-state index >= 15 is 0 Å². The molecule has 4 rings (SSSR count). The van der Waals surface area contributed by atoms with Gasteiger partial charge in [-0.1, -0.05) is 32.9 Å². The number of nitrogens with one attached hydrogen (secondary N) is 1. The lowest BCUT2D eigenvalue weighted by atomic mass is 9.61. The largest absolute Gasteiger partial charge is 0.573 e. The molecule has 2 aliphatic carbocycles. The molecule has 4 nitrogen and oxygen atoms in total. The maximum atomic E-state index is 12.3. The Bertz CT molecular complexity index is 813. The van der Waals surface area contributed by atoms with Gasteiger partial charge >= 0.3 is 6.36 Å². The first kappa shape index (κ1) is 23.6. The molecule has 2 aliphatic rings. The van der Waals surface area contributed by atoms with E-state index in [1.54, 1.807) is 0 Å². The summed E-state index contributed by atoms with van der Waals surface area (Å²) < 4.78 is 46.2. The molecule has 1 heterocycles. The van der Waals surface area contributed by atoms with Gasteiger partial charge in [-0.2, -0.15) is 0 Å². The van der Waals surface area contributed by atoms with Crippen LogP contribution in [-0.2, 0) is 6.54 Å². The van der Waals surface area contributed by atoms with Crippen molar-refractivity contribution in [3.63, 3.8) is 0 Å². The number of ether oxygens (including phenoxy) is 1. The van der Waals surface area contributed by atoms with Crippen LogP contribution in [0.3, 0.4) is 0 Å². The van der Waals surface area contributed by atoms with Gasteiger partial charge in [0.15, 0.2) is 5.76 Å². The van der Waals surface area contributed by atoms with Gasteiger partial charge in [0, 0.05) is 23.7 Å². The van der Waals surface area contributed by atoms with Gasteiger partial charge in [0.05, 0.1) is 5.69 Å². The van der Waals surface area contributed by atoms with Gasteiger partial charge in [-0.05, 0) is 74.1 Å². The Kier molecular flexibility index (Phi) is 7.35. The van der Waals surface area contributed by atoms with Gasteiger partial charge in [-0.25, -0.2) is 0 Å². The van der Waals surface area contributed by atoms with Crippen LogP contribution < -0.4 is 10.1 Å². The molecular formula is C24H33F3N2O2. The van der Waals surface area contributed by atoms with Gasteiger partial charge < -0.3 is 14.6 Å². The highest BCUT2D eigenvalue weighted by molar-refractivity contribution is 5.58. The topological polar surface area (TPSA) is 47.3 Å². The summed E-state index contributed by atoms with van der Waals surface area (Å²) in [7, 11) is 0. The fraction of sp³-hybridized carbons (Fsp3) is 0.625. The lowest BCUT2D eigenvalue weighted by Crippen LogP contribution is -2.54. The van der Waals surface area contributed by atoms with E-state index in [2.05, 4.69) is 29.1 Å². The van der Waals surface area contributed by atoms with Crippen molar-refractivity contribution in [2.24, 2.45) is 17.8 Å². The molecule has 2 bridgehead atoms. The van der Waals surface area contributed by atoms with Crippen molar-refractivity contribution in [3.8, 4) is 17.1 Å². The summed E-state index contributed by atoms with van der Waals surface area (Å²) in [6.07, 6.45) is 1.58. The van der Waals surface area contributed by atoms with Gasteiger partial charge in [0.25, 0.3) is 0 Å². The number of hydrogen-bond donors (Lipinski definition) is 1. The number of rotatable bonds is 5. The minimum atomic E-state index is -4.70. The number of aromatic nitrogens is 1. The average Bonchev–Trinajstić information content (AvgIpc) is 3.15. The van der Waals surface area contributed by atoms with E-state index in [1.807, 2.05) is 19.9 Å². The van der Waals surface area contributed by atoms with Crippen molar-refractivity contribution in [2.75, 3.05) is 0 Å². The third kappa shape index (κ3) is 6.25. The Morgan fingerprint density at radius 1 is 1.06 bits per heavy atom. The summed E-state index contributed by atoms with van der Waals surface area (Å²) in [6.45, 7) is 9.32. The van der Waals surface area contributed by atoms with Crippen LogP contribution in [0.2, 0.25) is 0 Å². The zero-order chi connectivity index (χ0) is 22.6. The van der Waals surface area contributed by atoms with Gasteiger partial charge in [0.2, 0.25) is 0 Å². The van der Waals surface area contributed by atoms with E-state index < -0.39 is 6.36 Å². The summed E-state index contributed by atoms with van der Waals surface area (Å²) in [6, 6.07) is 7.46. The minimum Gasteiger partial charge on any atom is -0.406 e. The van der Waals surface area contributed by atoms with Gasteiger partial charge in [-0.15, -0.1) is 13.2 Å². The van der Waals surface area contributed by atoms with Crippen LogP contribution in [0, 0.1) is 17.8 Å². The molecule has 1 aromatic heterocycles. The van der Waals surface area contributed by atoms with E-state index in [9.17, 15) is 13.2 Å². The fourth-order valence-corrected chi connectivity index (χ4v) is 5.55. The molecule has 0 aliphatic heterocycles. The molecule has 31 heavy (non-hydrogen) atoms. The van der Waals surface area contributed by atoms with Crippen LogP contribution in [0.15, 0.2) is 34.9 Å². The Morgan fingerprint density at radius 3 is 2.26 bits per heavy atom. The third-order valence-electron chi connectivity index (χ3n) is 6.21. The van der Waals surface area contributed by atoms with Crippen LogP contribution in [0.4, 0.5) is 13.2 Å². The number of hydrogen-bond acceptors (Lipinski definition) is 4. The van der Waals surface area contributed by atoms with Crippen molar-refractivity contribution >= 4 is 0 Å². The van der Waals surface area contributed by atoms with Crippen LogP contribution in [-0.4, -0.2) is 17.1 Å². The second-order valence-electron chi connectivity index (χ2n) is 9.05. The van der Waals surface area contributed by atoms with Gasteiger partial charge in [0.1, 0.15) is 5.75 Å². The second-order valence-corrected chi connectivity index (χ2v) is 9.05. The average molecular weight is 439 g/mol. The molecule has 2 saturated carbocycles. The first-order chi connectivity index (χ1) is 14.7. The SMILES string of the molecule is CC.CC1CC2CC(C)CC(NCc3cc(-c4ccc(OC(F)(F)F)cc4)on3)(C1)C2. The zero-order valence-electron chi connectivity index (χ0n) is 18.8. The molecule has 2 unspecified atom stereocenters. The Labute approximate surface area is 182 Å². The number of halogens is 3. The quantitative estimate of drug-likeness (QED) is 0.548. The number of benzene rings is 1. The molecule has 1 aromatic carbocycles. The molecule has 172 valence electrons. The summed E-state index contributed by atoms with van der Waals surface area (Å²) in [5, 5.41) is 7.93. The molecular weight excluding hydrogens is 405 g/mol. The van der Waals surface area contributed by atoms with E-state index in [1.165, 1.54) is 56.4 Å². The van der Waals surface area contributed by atoms with E-state index in [4.69, 9.17) is 4.52 Å². The summed E-state index contributed by atoms with van der Waals surface area (Å²) in [4.78, 5) is 0. The Morgan fingerprint density at radius 2 is 1.68 bits per heavy atom. The van der Waals surface area contributed by atoms with Crippen molar-refractivity contribution in [2.45, 2.75) is 78.2 Å². The minimum absolute atomic E-state index is 0.176. The smallest absolute Gasteiger partial charge is 0.406 e. The maximum absolute atomic E-state index is 12.3. The molecule has 0 radical (unpaired) electrons. The monoisotopic (exact) mass is 438 g/mol. The highest BCUT2D eigenvalue weighted by Crippen LogP contribution is 2.47. The van der Waals surface area contributed by atoms with Crippen LogP contribution in [0.5, 0.6) is 5.75 Å². The van der Waals surface area contributed by atoms with Crippen LogP contribution in [0.25, 0.3) is 11.3 Å². The molecule has 2 fully saturated rings. The highest BCUT2D eigenvalue weighted by Gasteiger charge is 2.43. The standard InChI is InChI=1S/C22H27F3N2O2.C2H6/c1-14-7-16-8-15(2)11-21(10-14,12-16)26-13-18-9-20(29-27-18)17-3-5-19(6-4-17)28-22(23,24)25;1-2/h3-6,9,14-16,26H,7-8,10-13H2,1-2H3;1-2H3. The fourth-order valence-electron chi connectivity index (χ4n) is 5.55. The first-order valence-corrected chi connectivity index (χ1v) is 11.3. The second kappa shape index (κ2) is 9.63. The molecule has 2 atom stereocenters. The molecule has 7 heteroatoms. The molecule has 1 N–H and O–H groups in total. The Hall–Kier alpha value is -2.02. The van der Waals surface area contributed by atoms with Crippen molar-refractivity contribution in [3.05, 3.63) is 36.0 Å². The summed E-state index contributed by atoms with van der Waals surface area (Å²) in [5.41, 5.74) is 1.64. The number of fused-ring (bicyclic) bond motifs is 2. The molecule has 0 saturated heterocycles. The molecule has 0 amide bonds. The predicted molar refractivity (Wildman–Crippen MR) is 114 cm³/mol. The first-order valence-electron chi connectivity index (χ1n) is 11.3. The lowest BCUT2D eigenvalue weighted by molar-refractivity contribution is -0.274. The maximum Gasteiger partial charge on any atom is 0.573 e. The zero-order valence-corrected chi connectivity index (χ0v) is 18.8. The normalized spacial score (nSPS) is 27.9. The summed E-state index contributed by atoms with van der Waals surface area (Å²) in [5.74, 6) is 2.55. The van der Waals surface area contributed by atoms with Crippen LogP contribution in [0.1, 0.15) is 65.5 Å². The molecule has 2 aromatic rings. The number of nitrogens with zero attached hydrogens (tertiary/aromatic N) is 1. The van der Waals surface area contributed by atoms with Crippen molar-refractivity contribution in [1.82, 2.24) is 10.5 Å². The molecule has 0 spiro atoms. The lowest BCUT2D eigenvalue weighted by Gasteiger charge is -2.50. The van der Waals surface area contributed by atoms with Gasteiger partial charge in [-0.3, -0.25) is 0 Å². The predicted octanol–water partition coefficient (Wildman–Crippen LogP) is 6.96. The Balaban J connectivity index is 0.00000132. The van der Waals surface area contributed by atoms with Crippen molar-refractivity contribution < 1.29 is 22.4 Å². The number of alkyl halides is 3. The van der Waals surface area contributed by atoms with E-state index in [0.717, 1.165) is 23.4 Å². The van der Waals surface area contributed by atoms with E-state index in [0.29, 0.717) is 17.9 Å². The van der Waals surface area contributed by atoms with E-state index in [-0.39, 0.29) is 11.3 Å². The summed E-state index contributed by atoms with van der Waals surface area (Å²) >= 11 is 0. The highest BCUT2D eigenvalue weighted by atomic mass is 19.4.